The lowest BCUT2D eigenvalue weighted by Gasteiger charge is -2.22. The SMILES string of the molecule is CCOC(=O)CN(Cc1ccc(C(F)(F)F)cc1)C(=O)c1ccc(S(=O)(=O)NC)cc1. The van der Waals surface area contributed by atoms with Crippen LogP contribution in [0.3, 0.4) is 0 Å². The van der Waals surface area contributed by atoms with E-state index in [1.54, 1.807) is 6.92 Å². The van der Waals surface area contributed by atoms with Crippen LogP contribution in [0.25, 0.3) is 0 Å². The van der Waals surface area contributed by atoms with Gasteiger partial charge < -0.3 is 9.64 Å². The monoisotopic (exact) mass is 458 g/mol. The maximum Gasteiger partial charge on any atom is 0.416 e. The molecular weight excluding hydrogens is 437 g/mol. The highest BCUT2D eigenvalue weighted by molar-refractivity contribution is 7.89. The van der Waals surface area contributed by atoms with E-state index in [1.807, 2.05) is 0 Å². The Labute approximate surface area is 177 Å². The molecule has 1 N–H and O–H groups in total. The molecule has 0 heterocycles. The summed E-state index contributed by atoms with van der Waals surface area (Å²) in [7, 11) is -2.44. The van der Waals surface area contributed by atoms with Gasteiger partial charge in [-0.25, -0.2) is 13.1 Å². The third kappa shape index (κ3) is 6.53. The molecule has 0 aliphatic carbocycles. The molecule has 1 amide bonds. The van der Waals surface area contributed by atoms with E-state index in [0.29, 0.717) is 5.56 Å². The third-order valence-corrected chi connectivity index (χ3v) is 5.68. The Hall–Kier alpha value is -2.92. The van der Waals surface area contributed by atoms with Crippen molar-refractivity contribution in [1.29, 1.82) is 0 Å². The molecule has 0 aromatic heterocycles. The standard InChI is InChI=1S/C20H21F3N2O5S/c1-3-30-18(26)13-25(12-14-4-8-16(9-5-14)20(21,22)23)19(27)15-6-10-17(11-7-15)31(28,29)24-2/h4-11,24H,3,12-13H2,1-2H3. The molecule has 0 saturated carbocycles. The first kappa shape index (κ1) is 24.4. The minimum atomic E-state index is -4.49. The van der Waals surface area contributed by atoms with Gasteiger partial charge in [-0.1, -0.05) is 12.1 Å². The molecule has 0 radical (unpaired) electrons. The second kappa shape index (κ2) is 9.92. The fourth-order valence-electron chi connectivity index (χ4n) is 2.66. The average Bonchev–Trinajstić information content (AvgIpc) is 2.72. The Balaban J connectivity index is 2.28. The summed E-state index contributed by atoms with van der Waals surface area (Å²) in [4.78, 5) is 25.9. The van der Waals surface area contributed by atoms with Crippen LogP contribution in [0.2, 0.25) is 0 Å². The zero-order valence-electron chi connectivity index (χ0n) is 16.8. The lowest BCUT2D eigenvalue weighted by Crippen LogP contribution is -2.36. The van der Waals surface area contributed by atoms with Crippen molar-refractivity contribution in [2.75, 3.05) is 20.2 Å². The molecule has 2 aromatic rings. The van der Waals surface area contributed by atoms with Gasteiger partial charge in [0.2, 0.25) is 10.0 Å². The van der Waals surface area contributed by atoms with Gasteiger partial charge in [-0.15, -0.1) is 0 Å². The number of amides is 1. The largest absolute Gasteiger partial charge is 0.465 e. The number of esters is 1. The number of hydrogen-bond acceptors (Lipinski definition) is 5. The third-order valence-electron chi connectivity index (χ3n) is 4.25. The van der Waals surface area contributed by atoms with Gasteiger partial charge in [0.1, 0.15) is 6.54 Å². The summed E-state index contributed by atoms with van der Waals surface area (Å²) < 4.78 is 68.9. The van der Waals surface area contributed by atoms with Crippen molar-refractivity contribution in [2.24, 2.45) is 0 Å². The Morgan fingerprint density at radius 3 is 2.10 bits per heavy atom. The molecule has 168 valence electrons. The van der Waals surface area contributed by atoms with Crippen molar-refractivity contribution in [1.82, 2.24) is 9.62 Å². The normalized spacial score (nSPS) is 11.8. The highest BCUT2D eigenvalue weighted by Gasteiger charge is 2.30. The van der Waals surface area contributed by atoms with E-state index in [9.17, 15) is 31.2 Å². The smallest absolute Gasteiger partial charge is 0.416 e. The number of hydrogen-bond donors (Lipinski definition) is 1. The first-order chi connectivity index (χ1) is 14.5. The average molecular weight is 458 g/mol. The summed E-state index contributed by atoms with van der Waals surface area (Å²) in [6.07, 6.45) is -4.49. The molecule has 0 atom stereocenters. The van der Waals surface area contributed by atoms with Gasteiger partial charge in [0.15, 0.2) is 0 Å². The van der Waals surface area contributed by atoms with Crippen molar-refractivity contribution in [3.63, 3.8) is 0 Å². The summed E-state index contributed by atoms with van der Waals surface area (Å²) >= 11 is 0. The van der Waals surface area contributed by atoms with Crippen LogP contribution in [0.5, 0.6) is 0 Å². The number of halogens is 3. The van der Waals surface area contributed by atoms with Gasteiger partial charge in [0, 0.05) is 12.1 Å². The molecule has 0 saturated heterocycles. The summed E-state index contributed by atoms with van der Waals surface area (Å²) in [6, 6.07) is 9.27. The van der Waals surface area contributed by atoms with Crippen LogP contribution in [-0.4, -0.2) is 45.4 Å². The molecule has 0 aliphatic heterocycles. The Kier molecular flexibility index (Phi) is 7.80. The summed E-state index contributed by atoms with van der Waals surface area (Å²) in [5.41, 5.74) is -0.354. The second-order valence-electron chi connectivity index (χ2n) is 6.39. The first-order valence-electron chi connectivity index (χ1n) is 9.12. The Morgan fingerprint density at radius 1 is 1.03 bits per heavy atom. The zero-order valence-corrected chi connectivity index (χ0v) is 17.6. The second-order valence-corrected chi connectivity index (χ2v) is 8.28. The van der Waals surface area contributed by atoms with Crippen LogP contribution >= 0.6 is 0 Å². The van der Waals surface area contributed by atoms with Crippen LogP contribution in [0, 0.1) is 0 Å². The number of benzene rings is 2. The predicted molar refractivity (Wildman–Crippen MR) is 106 cm³/mol. The van der Waals surface area contributed by atoms with Gasteiger partial charge in [0.25, 0.3) is 5.91 Å². The molecule has 0 spiro atoms. The number of rotatable bonds is 8. The quantitative estimate of drug-likeness (QED) is 0.614. The van der Waals surface area contributed by atoms with Crippen molar-refractivity contribution < 1.29 is 35.9 Å². The molecule has 11 heteroatoms. The predicted octanol–water partition coefficient (Wildman–Crippen LogP) is 2.82. The van der Waals surface area contributed by atoms with E-state index < -0.39 is 40.2 Å². The van der Waals surface area contributed by atoms with E-state index in [1.165, 1.54) is 43.4 Å². The van der Waals surface area contributed by atoms with Crippen LogP contribution in [0.1, 0.15) is 28.4 Å². The summed E-state index contributed by atoms with van der Waals surface area (Å²) in [6.45, 7) is 1.12. The minimum absolute atomic E-state index is 0.0498. The summed E-state index contributed by atoms with van der Waals surface area (Å²) in [5.74, 6) is -1.29. The number of carbonyl (C=O) groups excluding carboxylic acids is 2. The van der Waals surface area contributed by atoms with Crippen molar-refractivity contribution in [2.45, 2.75) is 24.5 Å². The number of carbonyl (C=O) groups is 2. The molecule has 0 unspecified atom stereocenters. The highest BCUT2D eigenvalue weighted by Crippen LogP contribution is 2.29. The van der Waals surface area contributed by atoms with Crippen molar-refractivity contribution in [3.8, 4) is 0 Å². The summed E-state index contributed by atoms with van der Waals surface area (Å²) in [5, 5.41) is 0. The van der Waals surface area contributed by atoms with E-state index >= 15 is 0 Å². The van der Waals surface area contributed by atoms with Gasteiger partial charge in [0.05, 0.1) is 17.1 Å². The lowest BCUT2D eigenvalue weighted by atomic mass is 10.1. The number of nitrogens with zero attached hydrogens (tertiary/aromatic N) is 1. The molecular formula is C20H21F3N2O5S. The molecule has 0 aliphatic rings. The van der Waals surface area contributed by atoms with E-state index in [4.69, 9.17) is 4.74 Å². The fourth-order valence-corrected chi connectivity index (χ4v) is 3.39. The fraction of sp³-hybridized carbons (Fsp3) is 0.300. The first-order valence-corrected chi connectivity index (χ1v) is 10.6. The van der Waals surface area contributed by atoms with Gasteiger partial charge in [-0.05, 0) is 55.9 Å². The number of sulfonamides is 1. The Morgan fingerprint density at radius 2 is 1.61 bits per heavy atom. The van der Waals surface area contributed by atoms with Crippen LogP contribution in [-0.2, 0) is 32.3 Å². The Bertz CT molecular complexity index is 1020. The number of ether oxygens (including phenoxy) is 1. The van der Waals surface area contributed by atoms with Crippen LogP contribution in [0.4, 0.5) is 13.2 Å². The molecule has 0 bridgehead atoms. The van der Waals surface area contributed by atoms with Gasteiger partial charge >= 0.3 is 12.1 Å². The van der Waals surface area contributed by atoms with E-state index in [-0.39, 0.29) is 23.6 Å². The van der Waals surface area contributed by atoms with Crippen molar-refractivity contribution in [3.05, 3.63) is 65.2 Å². The zero-order chi connectivity index (χ0) is 23.2. The van der Waals surface area contributed by atoms with Crippen LogP contribution in [0.15, 0.2) is 53.4 Å². The van der Waals surface area contributed by atoms with E-state index in [0.717, 1.165) is 17.0 Å². The van der Waals surface area contributed by atoms with Crippen molar-refractivity contribution >= 4 is 21.9 Å². The van der Waals surface area contributed by atoms with E-state index in [2.05, 4.69) is 4.72 Å². The topological polar surface area (TPSA) is 92.8 Å². The molecule has 0 fully saturated rings. The number of nitrogens with one attached hydrogen (secondary N) is 1. The van der Waals surface area contributed by atoms with Gasteiger partial charge in [-0.3, -0.25) is 9.59 Å². The molecule has 7 nitrogen and oxygen atoms in total. The molecule has 2 rings (SSSR count). The molecule has 2 aromatic carbocycles. The maximum absolute atomic E-state index is 12.9. The van der Waals surface area contributed by atoms with Crippen LogP contribution < -0.4 is 4.72 Å². The molecule has 31 heavy (non-hydrogen) atoms. The number of alkyl halides is 3. The van der Waals surface area contributed by atoms with Gasteiger partial charge in [-0.2, -0.15) is 13.2 Å². The lowest BCUT2D eigenvalue weighted by molar-refractivity contribution is -0.144. The minimum Gasteiger partial charge on any atom is -0.465 e. The highest BCUT2D eigenvalue weighted by atomic mass is 32.2. The maximum atomic E-state index is 12.9.